The van der Waals surface area contributed by atoms with E-state index in [1.54, 1.807) is 16.9 Å². The van der Waals surface area contributed by atoms with Crippen LogP contribution in [0, 0.1) is 17.2 Å². The van der Waals surface area contributed by atoms with Gasteiger partial charge in [0, 0.05) is 30.9 Å². The molecule has 0 atom stereocenters. The average Bonchev–Trinajstić information content (AvgIpc) is 3.31. The summed E-state index contributed by atoms with van der Waals surface area (Å²) in [7, 11) is 0. The summed E-state index contributed by atoms with van der Waals surface area (Å²) in [4.78, 5) is 9.06. The summed E-state index contributed by atoms with van der Waals surface area (Å²) < 4.78 is 1.69. The van der Waals surface area contributed by atoms with Gasteiger partial charge in [-0.3, -0.25) is 4.98 Å². The number of fused-ring (bicyclic) bond motifs is 1. The van der Waals surface area contributed by atoms with Crippen molar-refractivity contribution in [3.63, 3.8) is 0 Å². The molecule has 1 saturated heterocycles. The molecule has 3 N–H and O–H groups in total. The number of nitrogens with one attached hydrogen (secondary N) is 3. The van der Waals surface area contributed by atoms with Gasteiger partial charge in [-0.2, -0.15) is 14.9 Å². The Hall–Kier alpha value is -3.96. The average molecular weight is 439 g/mol. The summed E-state index contributed by atoms with van der Waals surface area (Å²) in [5, 5.41) is 24.2. The number of anilines is 2. The molecule has 0 saturated carbocycles. The molecule has 0 spiro atoms. The van der Waals surface area contributed by atoms with Crippen LogP contribution in [0.5, 0.6) is 0 Å². The van der Waals surface area contributed by atoms with E-state index in [2.05, 4.69) is 61.4 Å². The second-order valence-corrected chi connectivity index (χ2v) is 8.27. The third-order valence-corrected chi connectivity index (χ3v) is 6.01. The number of aromatic nitrogens is 4. The van der Waals surface area contributed by atoms with E-state index in [9.17, 15) is 5.26 Å². The van der Waals surface area contributed by atoms with Crippen molar-refractivity contribution in [1.82, 2.24) is 24.9 Å². The minimum Gasteiger partial charge on any atom is -0.370 e. The van der Waals surface area contributed by atoms with Gasteiger partial charge in [0.05, 0.1) is 11.9 Å². The predicted octanol–water partition coefficient (Wildman–Crippen LogP) is 3.69. The number of pyridine rings is 1. The summed E-state index contributed by atoms with van der Waals surface area (Å²) in [5.41, 5.74) is 4.19. The van der Waals surface area contributed by atoms with E-state index in [1.807, 2.05) is 24.3 Å². The molecule has 8 nitrogen and oxygen atoms in total. The summed E-state index contributed by atoms with van der Waals surface area (Å²) in [6, 6.07) is 18.4. The molecule has 1 aliphatic rings. The quantitative estimate of drug-likeness (QED) is 0.404. The molecule has 0 unspecified atom stereocenters. The zero-order chi connectivity index (χ0) is 22.5. The van der Waals surface area contributed by atoms with Crippen molar-refractivity contribution in [1.29, 1.82) is 5.26 Å². The number of nitriles is 1. The number of hydrogen-bond donors (Lipinski definition) is 3. The Morgan fingerprint density at radius 2 is 1.94 bits per heavy atom. The molecule has 0 radical (unpaired) electrons. The minimum atomic E-state index is 0.461. The predicted molar refractivity (Wildman–Crippen MR) is 129 cm³/mol. The fourth-order valence-electron chi connectivity index (χ4n) is 4.11. The van der Waals surface area contributed by atoms with E-state index in [0.717, 1.165) is 60.9 Å². The van der Waals surface area contributed by atoms with Gasteiger partial charge in [0.15, 0.2) is 5.65 Å². The summed E-state index contributed by atoms with van der Waals surface area (Å²) in [5.74, 6) is 2.17. The lowest BCUT2D eigenvalue weighted by molar-refractivity contribution is 0.389. The van der Waals surface area contributed by atoms with Crippen LogP contribution in [0.4, 0.5) is 11.6 Å². The smallest absolute Gasteiger partial charge is 0.177 e. The van der Waals surface area contributed by atoms with Crippen LogP contribution in [0.25, 0.3) is 16.9 Å². The second kappa shape index (κ2) is 9.67. The first-order valence-electron chi connectivity index (χ1n) is 11.3. The Morgan fingerprint density at radius 1 is 1.09 bits per heavy atom. The molecule has 1 aliphatic heterocycles. The highest BCUT2D eigenvalue weighted by atomic mass is 15.3. The van der Waals surface area contributed by atoms with Crippen LogP contribution in [-0.4, -0.2) is 39.2 Å². The molecule has 4 aromatic rings. The summed E-state index contributed by atoms with van der Waals surface area (Å²) in [6.07, 6.45) is 5.68. The molecule has 0 amide bonds. The molecule has 0 aliphatic carbocycles. The monoisotopic (exact) mass is 438 g/mol. The highest BCUT2D eigenvalue weighted by Gasteiger charge is 2.15. The van der Waals surface area contributed by atoms with Crippen LogP contribution in [0.2, 0.25) is 0 Å². The largest absolute Gasteiger partial charge is 0.370 e. The fraction of sp³-hybridized carbons (Fsp3) is 0.280. The van der Waals surface area contributed by atoms with E-state index in [-0.39, 0.29) is 0 Å². The van der Waals surface area contributed by atoms with Gasteiger partial charge in [0.2, 0.25) is 0 Å². The summed E-state index contributed by atoms with van der Waals surface area (Å²) in [6.45, 7) is 3.62. The van der Waals surface area contributed by atoms with Crippen LogP contribution in [-0.2, 0) is 6.54 Å². The maximum Gasteiger partial charge on any atom is 0.177 e. The van der Waals surface area contributed by atoms with Crippen molar-refractivity contribution in [2.45, 2.75) is 19.4 Å². The highest BCUT2D eigenvalue weighted by molar-refractivity contribution is 5.63. The SMILES string of the molecule is N#Cc1cnn2c(NCc3ccc(-c4ccccn4)cc3)cc(NCC3CCNCC3)nc12. The fourth-order valence-corrected chi connectivity index (χ4v) is 4.11. The van der Waals surface area contributed by atoms with Gasteiger partial charge in [0.1, 0.15) is 23.3 Å². The Bertz CT molecular complexity index is 1250. The lowest BCUT2D eigenvalue weighted by Crippen LogP contribution is -2.31. The molecule has 8 heteroatoms. The normalized spacial score (nSPS) is 14.2. The molecular weight excluding hydrogens is 412 g/mol. The second-order valence-electron chi connectivity index (χ2n) is 8.27. The van der Waals surface area contributed by atoms with Gasteiger partial charge in [-0.15, -0.1) is 0 Å². The van der Waals surface area contributed by atoms with Crippen molar-refractivity contribution >= 4 is 17.3 Å². The number of nitrogens with zero attached hydrogens (tertiary/aromatic N) is 5. The molecule has 1 fully saturated rings. The van der Waals surface area contributed by atoms with Crippen LogP contribution >= 0.6 is 0 Å². The number of piperidine rings is 1. The first-order valence-corrected chi connectivity index (χ1v) is 11.3. The van der Waals surface area contributed by atoms with Gasteiger partial charge in [-0.1, -0.05) is 30.3 Å². The van der Waals surface area contributed by atoms with E-state index >= 15 is 0 Å². The van der Waals surface area contributed by atoms with Crippen molar-refractivity contribution in [3.05, 3.63) is 72.1 Å². The van der Waals surface area contributed by atoms with Crippen molar-refractivity contribution in [3.8, 4) is 17.3 Å². The van der Waals surface area contributed by atoms with E-state index in [1.165, 1.54) is 0 Å². The molecule has 5 rings (SSSR count). The molecule has 0 bridgehead atoms. The molecule has 4 heterocycles. The Labute approximate surface area is 192 Å². The van der Waals surface area contributed by atoms with Crippen molar-refractivity contribution < 1.29 is 0 Å². The number of hydrogen-bond acceptors (Lipinski definition) is 7. The molecule has 3 aromatic heterocycles. The molecule has 166 valence electrons. The Kier molecular flexibility index (Phi) is 6.13. The topological polar surface area (TPSA) is 103 Å². The number of benzene rings is 1. The van der Waals surface area contributed by atoms with Gasteiger partial charge in [-0.25, -0.2) is 4.98 Å². The molecular formula is C25H26N8. The van der Waals surface area contributed by atoms with Crippen LogP contribution in [0.1, 0.15) is 24.0 Å². The standard InChI is InChI=1S/C25H26N8/c26-14-21-17-31-33-24(13-23(32-25(21)33)29-15-19-8-11-27-12-9-19)30-16-18-4-6-20(7-5-18)22-3-1-2-10-28-22/h1-7,10,13,17,19,27,30H,8-9,11-12,15-16H2,(H,29,32). The van der Waals surface area contributed by atoms with Gasteiger partial charge < -0.3 is 16.0 Å². The van der Waals surface area contributed by atoms with E-state index < -0.39 is 0 Å². The zero-order valence-electron chi connectivity index (χ0n) is 18.3. The van der Waals surface area contributed by atoms with Crippen LogP contribution in [0.3, 0.4) is 0 Å². The zero-order valence-corrected chi connectivity index (χ0v) is 18.3. The first kappa shape index (κ1) is 20.9. The van der Waals surface area contributed by atoms with E-state index in [4.69, 9.17) is 0 Å². The lowest BCUT2D eigenvalue weighted by atomic mass is 9.98. The Balaban J connectivity index is 1.33. The van der Waals surface area contributed by atoms with Gasteiger partial charge in [-0.05, 0) is 49.5 Å². The van der Waals surface area contributed by atoms with Crippen LogP contribution < -0.4 is 16.0 Å². The highest BCUT2D eigenvalue weighted by Crippen LogP contribution is 2.22. The number of rotatable bonds is 7. The third-order valence-electron chi connectivity index (χ3n) is 6.01. The summed E-state index contributed by atoms with van der Waals surface area (Å²) >= 11 is 0. The first-order chi connectivity index (χ1) is 16.3. The maximum absolute atomic E-state index is 9.47. The third kappa shape index (κ3) is 4.78. The maximum atomic E-state index is 9.47. The Morgan fingerprint density at radius 3 is 2.70 bits per heavy atom. The van der Waals surface area contributed by atoms with Crippen molar-refractivity contribution in [2.24, 2.45) is 5.92 Å². The molecule has 1 aromatic carbocycles. The van der Waals surface area contributed by atoms with E-state index in [0.29, 0.717) is 23.7 Å². The van der Waals surface area contributed by atoms with Gasteiger partial charge >= 0.3 is 0 Å². The van der Waals surface area contributed by atoms with Crippen molar-refractivity contribution in [2.75, 3.05) is 30.3 Å². The van der Waals surface area contributed by atoms with Crippen LogP contribution in [0.15, 0.2) is 60.9 Å². The molecule has 33 heavy (non-hydrogen) atoms. The van der Waals surface area contributed by atoms with Gasteiger partial charge in [0.25, 0.3) is 0 Å². The lowest BCUT2D eigenvalue weighted by Gasteiger charge is -2.23. The minimum absolute atomic E-state index is 0.461.